The first-order valence-electron chi connectivity index (χ1n) is 6.11. The molecular formula is C13H15N3O2. The van der Waals surface area contributed by atoms with E-state index >= 15 is 0 Å². The van der Waals surface area contributed by atoms with Crippen LogP contribution in [0, 0.1) is 0 Å². The number of nitrogens with zero attached hydrogens (tertiary/aromatic N) is 2. The first-order chi connectivity index (χ1) is 8.84. The molecule has 0 amide bonds. The second-order valence-corrected chi connectivity index (χ2v) is 4.46. The number of rotatable bonds is 2. The first-order valence-corrected chi connectivity index (χ1v) is 6.11. The van der Waals surface area contributed by atoms with E-state index in [1.807, 2.05) is 24.3 Å². The van der Waals surface area contributed by atoms with Crippen LogP contribution in [0.1, 0.15) is 24.6 Å². The van der Waals surface area contributed by atoms with E-state index in [1.165, 1.54) is 0 Å². The maximum Gasteiger partial charge on any atom is 0.260 e. The third kappa shape index (κ3) is 2.09. The average Bonchev–Trinajstić information content (AvgIpc) is 2.90. The van der Waals surface area contributed by atoms with Crippen LogP contribution >= 0.6 is 0 Å². The number of ether oxygens (including phenoxy) is 1. The van der Waals surface area contributed by atoms with Gasteiger partial charge in [-0.3, -0.25) is 0 Å². The van der Waals surface area contributed by atoms with Crippen LogP contribution in [-0.2, 0) is 4.74 Å². The van der Waals surface area contributed by atoms with Gasteiger partial charge in [0, 0.05) is 18.2 Å². The Bertz CT molecular complexity index is 533. The Morgan fingerprint density at radius 2 is 2.17 bits per heavy atom. The van der Waals surface area contributed by atoms with Crippen molar-refractivity contribution in [3.05, 3.63) is 30.1 Å². The minimum Gasteiger partial charge on any atom is -0.398 e. The lowest BCUT2D eigenvalue weighted by atomic mass is 10.0. The number of hydrogen-bond acceptors (Lipinski definition) is 5. The molecule has 2 N–H and O–H groups in total. The van der Waals surface area contributed by atoms with Crippen molar-refractivity contribution < 1.29 is 9.26 Å². The zero-order chi connectivity index (χ0) is 12.4. The Morgan fingerprint density at radius 1 is 1.28 bits per heavy atom. The van der Waals surface area contributed by atoms with E-state index in [1.54, 1.807) is 0 Å². The van der Waals surface area contributed by atoms with Gasteiger partial charge < -0.3 is 15.0 Å². The summed E-state index contributed by atoms with van der Waals surface area (Å²) in [4.78, 5) is 4.43. The molecule has 94 valence electrons. The van der Waals surface area contributed by atoms with Crippen molar-refractivity contribution >= 4 is 5.69 Å². The third-order valence-electron chi connectivity index (χ3n) is 3.16. The van der Waals surface area contributed by atoms with E-state index in [2.05, 4.69) is 10.1 Å². The minimum absolute atomic E-state index is 0.237. The molecule has 1 atom stereocenters. The second kappa shape index (κ2) is 4.78. The Balaban J connectivity index is 1.87. The molecule has 2 aromatic rings. The summed E-state index contributed by atoms with van der Waals surface area (Å²) >= 11 is 0. The molecule has 1 aliphatic heterocycles. The molecule has 2 heterocycles. The van der Waals surface area contributed by atoms with Gasteiger partial charge >= 0.3 is 0 Å². The maximum absolute atomic E-state index is 5.89. The Morgan fingerprint density at radius 3 is 2.94 bits per heavy atom. The smallest absolute Gasteiger partial charge is 0.260 e. The molecule has 0 saturated carbocycles. The van der Waals surface area contributed by atoms with Crippen molar-refractivity contribution in [1.29, 1.82) is 0 Å². The fraction of sp³-hybridized carbons (Fsp3) is 0.385. The van der Waals surface area contributed by atoms with Gasteiger partial charge in [0.25, 0.3) is 5.89 Å². The average molecular weight is 245 g/mol. The van der Waals surface area contributed by atoms with Gasteiger partial charge in [0.1, 0.15) is 0 Å². The van der Waals surface area contributed by atoms with E-state index in [4.69, 9.17) is 15.0 Å². The summed E-state index contributed by atoms with van der Waals surface area (Å²) < 4.78 is 10.7. The number of aromatic nitrogens is 2. The highest BCUT2D eigenvalue weighted by Gasteiger charge is 2.22. The van der Waals surface area contributed by atoms with Crippen LogP contribution in [0.3, 0.4) is 0 Å². The van der Waals surface area contributed by atoms with Crippen molar-refractivity contribution in [2.45, 2.75) is 18.8 Å². The molecule has 0 aliphatic carbocycles. The quantitative estimate of drug-likeness (QED) is 0.821. The summed E-state index contributed by atoms with van der Waals surface area (Å²) in [5.74, 6) is 1.43. The fourth-order valence-electron chi connectivity index (χ4n) is 2.15. The standard InChI is InChI=1S/C13H15N3O2/c14-11-6-2-1-5-10(11)13-15-12(16-18-13)9-4-3-7-17-8-9/h1-2,5-6,9H,3-4,7-8,14H2. The highest BCUT2D eigenvalue weighted by Crippen LogP contribution is 2.28. The number of nitrogen functional groups attached to an aromatic ring is 1. The number of hydrogen-bond donors (Lipinski definition) is 1. The number of anilines is 1. The van der Waals surface area contributed by atoms with Crippen LogP contribution < -0.4 is 5.73 Å². The van der Waals surface area contributed by atoms with Gasteiger partial charge in [-0.2, -0.15) is 4.98 Å². The molecule has 1 unspecified atom stereocenters. The van der Waals surface area contributed by atoms with Crippen LogP contribution in [0.4, 0.5) is 5.69 Å². The van der Waals surface area contributed by atoms with Gasteiger partial charge in [-0.25, -0.2) is 0 Å². The van der Waals surface area contributed by atoms with Gasteiger partial charge in [-0.1, -0.05) is 17.3 Å². The summed E-state index contributed by atoms with van der Waals surface area (Å²) in [6.45, 7) is 1.50. The van der Waals surface area contributed by atoms with E-state index in [9.17, 15) is 0 Å². The van der Waals surface area contributed by atoms with Crippen molar-refractivity contribution in [2.24, 2.45) is 0 Å². The van der Waals surface area contributed by atoms with Crippen LogP contribution in [-0.4, -0.2) is 23.4 Å². The molecule has 1 fully saturated rings. The lowest BCUT2D eigenvalue weighted by Crippen LogP contribution is -2.16. The topological polar surface area (TPSA) is 74.2 Å². The minimum atomic E-state index is 0.237. The highest BCUT2D eigenvalue weighted by atomic mass is 16.5. The predicted molar refractivity (Wildman–Crippen MR) is 66.9 cm³/mol. The normalized spacial score (nSPS) is 19.9. The van der Waals surface area contributed by atoms with Gasteiger partial charge in [-0.15, -0.1) is 0 Å². The number of para-hydroxylation sites is 1. The van der Waals surface area contributed by atoms with Gasteiger partial charge in [0.2, 0.25) is 0 Å². The molecule has 5 nitrogen and oxygen atoms in total. The second-order valence-electron chi connectivity index (χ2n) is 4.46. The number of benzene rings is 1. The summed E-state index contributed by atoms with van der Waals surface area (Å²) in [5.41, 5.74) is 7.32. The number of nitrogens with two attached hydrogens (primary N) is 1. The molecule has 1 aliphatic rings. The largest absolute Gasteiger partial charge is 0.398 e. The molecule has 18 heavy (non-hydrogen) atoms. The molecule has 3 rings (SSSR count). The molecule has 1 aromatic carbocycles. The molecular weight excluding hydrogens is 230 g/mol. The van der Waals surface area contributed by atoms with Gasteiger partial charge in [0.15, 0.2) is 5.82 Å². The van der Waals surface area contributed by atoms with Gasteiger partial charge in [0.05, 0.1) is 12.2 Å². The Kier molecular flexibility index (Phi) is 2.98. The summed E-state index contributed by atoms with van der Waals surface area (Å²) in [7, 11) is 0. The molecule has 1 aromatic heterocycles. The Labute approximate surface area is 105 Å². The van der Waals surface area contributed by atoms with Crippen LogP contribution in [0.5, 0.6) is 0 Å². The summed E-state index contributed by atoms with van der Waals surface area (Å²) in [6, 6.07) is 7.48. The summed E-state index contributed by atoms with van der Waals surface area (Å²) in [5, 5.41) is 4.04. The highest BCUT2D eigenvalue weighted by molar-refractivity contribution is 5.69. The fourth-order valence-corrected chi connectivity index (χ4v) is 2.15. The molecule has 0 bridgehead atoms. The van der Waals surface area contributed by atoms with E-state index < -0.39 is 0 Å². The molecule has 0 spiro atoms. The van der Waals surface area contributed by atoms with Gasteiger partial charge in [-0.05, 0) is 25.0 Å². The van der Waals surface area contributed by atoms with E-state index in [0.717, 1.165) is 25.0 Å². The maximum atomic E-state index is 5.89. The van der Waals surface area contributed by atoms with Crippen molar-refractivity contribution in [1.82, 2.24) is 10.1 Å². The first kappa shape index (κ1) is 11.2. The Hall–Kier alpha value is -1.88. The predicted octanol–water partition coefficient (Wildman–Crippen LogP) is 2.21. The third-order valence-corrected chi connectivity index (χ3v) is 3.16. The van der Waals surface area contributed by atoms with Crippen LogP contribution in [0.2, 0.25) is 0 Å². The zero-order valence-corrected chi connectivity index (χ0v) is 10.0. The summed E-state index contributed by atoms with van der Waals surface area (Å²) in [6.07, 6.45) is 2.09. The molecule has 1 saturated heterocycles. The SMILES string of the molecule is Nc1ccccc1-c1nc(C2CCCOC2)no1. The van der Waals surface area contributed by atoms with Crippen molar-refractivity contribution in [2.75, 3.05) is 18.9 Å². The molecule has 0 radical (unpaired) electrons. The lowest BCUT2D eigenvalue weighted by Gasteiger charge is -2.18. The van der Waals surface area contributed by atoms with Crippen LogP contribution in [0.15, 0.2) is 28.8 Å². The van der Waals surface area contributed by atoms with Crippen molar-refractivity contribution in [3.8, 4) is 11.5 Å². The monoisotopic (exact) mass is 245 g/mol. The van der Waals surface area contributed by atoms with Crippen LogP contribution in [0.25, 0.3) is 11.5 Å². The van der Waals surface area contributed by atoms with E-state index in [-0.39, 0.29) is 5.92 Å². The van der Waals surface area contributed by atoms with E-state index in [0.29, 0.717) is 24.0 Å². The zero-order valence-electron chi connectivity index (χ0n) is 10.0. The van der Waals surface area contributed by atoms with Crippen molar-refractivity contribution in [3.63, 3.8) is 0 Å². The lowest BCUT2D eigenvalue weighted by molar-refractivity contribution is 0.0773. The molecule has 5 heteroatoms.